The molecule has 6 aromatic rings. The average Bonchev–Trinajstić information content (AvgIpc) is 3.89. The van der Waals surface area contributed by atoms with E-state index in [0.29, 0.717) is 70.5 Å². The molecule has 2 atom stereocenters. The third-order valence-corrected chi connectivity index (χ3v) is 13.4. The van der Waals surface area contributed by atoms with Crippen LogP contribution in [0.1, 0.15) is 38.5 Å². The predicted molar refractivity (Wildman–Crippen MR) is 248 cm³/mol. The van der Waals surface area contributed by atoms with Crippen LogP contribution >= 0.6 is 23.2 Å². The summed E-state index contributed by atoms with van der Waals surface area (Å²) in [6.45, 7) is 4.93. The SMILES string of the molecule is CN1CCC2(CC1)CC(Oc1cc3ncnc(Nc4ccc(F)c(Cl)c4)c3cc1N)CO2.CN1CCC2(CC1)CC(Oc1cc3ncnc(Nc4ccc(F)c(Cl)c4)c3cc1[N+](=O)[O-])CO2.[Fe]. The number of hydrogen-bond donors (Lipinski definition) is 3. The fraction of sp³-hybridized carbons (Fsp3) is 0.391. The van der Waals surface area contributed by atoms with Crippen LogP contribution in [0.15, 0.2) is 73.3 Å². The molecular weight excluding hydrogens is 953 g/mol. The Hall–Kier alpha value is -5.24. The number of nitro groups is 1. The second kappa shape index (κ2) is 20.2. The van der Waals surface area contributed by atoms with E-state index >= 15 is 0 Å². The van der Waals surface area contributed by atoms with Gasteiger partial charge in [-0.05, 0) is 82.2 Å². The van der Waals surface area contributed by atoms with E-state index in [1.807, 2.05) is 6.07 Å². The number of ether oxygens (including phenoxy) is 4. The second-order valence-electron chi connectivity index (χ2n) is 17.4. The van der Waals surface area contributed by atoms with Gasteiger partial charge in [0.15, 0.2) is 5.75 Å². The number of nitrogens with one attached hydrogen (secondary N) is 2. The van der Waals surface area contributed by atoms with Gasteiger partial charge in [-0.3, -0.25) is 10.1 Å². The van der Waals surface area contributed by atoms with E-state index < -0.39 is 16.6 Å². The van der Waals surface area contributed by atoms with Crippen LogP contribution in [-0.2, 0) is 26.5 Å². The number of nitrogens with two attached hydrogens (primary N) is 1. The number of piperidine rings is 2. The minimum Gasteiger partial charge on any atom is -0.486 e. The fourth-order valence-electron chi connectivity index (χ4n) is 9.00. The minimum absolute atomic E-state index is 0. The molecule has 2 spiro atoms. The summed E-state index contributed by atoms with van der Waals surface area (Å²) in [5.41, 5.74) is 8.59. The standard InChI is InChI=1S/C23H23ClFN5O4.C23H25ClFN5O2.Fe/c1-29-6-4-23(5-7-29)11-15(12-33-23)34-21-10-19-16(9-20(21)30(31)32)22(27-13-26-19)28-14-2-3-18(25)17(24)8-14;1-30-6-4-23(5-7-30)11-15(12-31-23)32-21-10-20-16(9-19(21)26)22(28-13-27-20)29-14-2-3-18(25)17(24)8-14;/h2-3,8-10,13,15H,4-7,11-12H2,1H3,(H,26,27,28);2-3,8-10,13,15H,4-7,11-12,26H2,1H3,(H,27,28,29);. The monoisotopic (exact) mass is 1000 g/mol. The first-order valence-corrected chi connectivity index (χ1v) is 22.4. The van der Waals surface area contributed by atoms with Crippen molar-refractivity contribution in [1.82, 2.24) is 29.7 Å². The molecule has 0 saturated carbocycles. The predicted octanol–water partition coefficient (Wildman–Crippen LogP) is 9.08. The van der Waals surface area contributed by atoms with Crippen molar-refractivity contribution in [3.05, 3.63) is 105 Å². The molecule has 0 aliphatic carbocycles. The molecule has 4 fully saturated rings. The number of halogens is 4. The Bertz CT molecular complexity index is 2790. The van der Waals surface area contributed by atoms with Gasteiger partial charge >= 0.3 is 5.69 Å². The van der Waals surface area contributed by atoms with Gasteiger partial charge in [-0.2, -0.15) is 0 Å². The molecule has 4 aliphatic rings. The summed E-state index contributed by atoms with van der Waals surface area (Å²) in [7, 11) is 4.23. The van der Waals surface area contributed by atoms with Gasteiger partial charge in [0.05, 0.1) is 61.5 Å². The van der Waals surface area contributed by atoms with Crippen LogP contribution in [0.4, 0.5) is 43.2 Å². The van der Waals surface area contributed by atoms with Gasteiger partial charge in [0, 0.05) is 91.0 Å². The number of fused-ring (bicyclic) bond motifs is 2. The number of nitrogen functional groups attached to an aromatic ring is 1. The molecule has 4 aliphatic heterocycles. The van der Waals surface area contributed by atoms with Crippen LogP contribution in [0.3, 0.4) is 0 Å². The summed E-state index contributed by atoms with van der Waals surface area (Å²) in [4.78, 5) is 33.2. The normalized spacial score (nSPS) is 20.0. The van der Waals surface area contributed by atoms with Crippen LogP contribution in [0.25, 0.3) is 21.8 Å². The summed E-state index contributed by atoms with van der Waals surface area (Å²) >= 11 is 11.8. The van der Waals surface area contributed by atoms with E-state index in [-0.39, 0.29) is 62.0 Å². The number of hydrogen-bond acceptors (Lipinski definition) is 15. The minimum atomic E-state index is -0.546. The first kappa shape index (κ1) is 48.2. The van der Waals surface area contributed by atoms with E-state index in [1.165, 1.54) is 49.1 Å². The fourth-order valence-corrected chi connectivity index (χ4v) is 9.36. The third kappa shape index (κ3) is 10.9. The Morgan fingerprint density at radius 3 is 1.63 bits per heavy atom. The molecule has 2 unspecified atom stereocenters. The molecule has 0 amide bonds. The van der Waals surface area contributed by atoms with Crippen molar-refractivity contribution in [2.45, 2.75) is 61.9 Å². The molecule has 4 aromatic carbocycles. The maximum atomic E-state index is 13.5. The topological polar surface area (TPSA) is 188 Å². The van der Waals surface area contributed by atoms with Crippen molar-refractivity contribution >= 4 is 79.4 Å². The average molecular weight is 1000 g/mol. The first-order chi connectivity index (χ1) is 31.7. The number of anilines is 5. The molecule has 10 rings (SSSR count). The molecule has 67 heavy (non-hydrogen) atoms. The van der Waals surface area contributed by atoms with E-state index in [9.17, 15) is 18.9 Å². The van der Waals surface area contributed by atoms with Gasteiger partial charge in [0.2, 0.25) is 0 Å². The summed E-state index contributed by atoms with van der Waals surface area (Å²) in [5.74, 6) is 0.585. The molecule has 21 heteroatoms. The number of rotatable bonds is 9. The number of nitrogens with zero attached hydrogens (tertiary/aromatic N) is 7. The maximum Gasteiger partial charge on any atom is 0.311 e. The van der Waals surface area contributed by atoms with Crippen LogP contribution in [0.5, 0.6) is 11.5 Å². The van der Waals surface area contributed by atoms with Gasteiger partial charge in [-0.1, -0.05) is 23.2 Å². The van der Waals surface area contributed by atoms with Crippen molar-refractivity contribution < 1.29 is 49.7 Å². The zero-order chi connectivity index (χ0) is 46.2. The van der Waals surface area contributed by atoms with E-state index in [4.69, 9.17) is 47.9 Å². The van der Waals surface area contributed by atoms with E-state index in [1.54, 1.807) is 18.2 Å². The van der Waals surface area contributed by atoms with Gasteiger partial charge in [-0.25, -0.2) is 28.7 Å². The number of likely N-dealkylation sites (tertiary alicyclic amines) is 2. The number of benzene rings is 4. The van der Waals surface area contributed by atoms with Gasteiger partial charge in [0.1, 0.15) is 53.9 Å². The van der Waals surface area contributed by atoms with Crippen molar-refractivity contribution in [2.24, 2.45) is 0 Å². The van der Waals surface area contributed by atoms with Gasteiger partial charge in [-0.15, -0.1) is 0 Å². The summed E-state index contributed by atoms with van der Waals surface area (Å²) in [6, 6.07) is 15.1. The van der Waals surface area contributed by atoms with Gasteiger partial charge < -0.3 is 45.1 Å². The Morgan fingerprint density at radius 1 is 0.716 bits per heavy atom. The summed E-state index contributed by atoms with van der Waals surface area (Å²) in [6.07, 6.45) is 7.91. The van der Waals surface area contributed by atoms with Crippen molar-refractivity contribution in [3.63, 3.8) is 0 Å². The van der Waals surface area contributed by atoms with Crippen LogP contribution in [-0.4, -0.2) is 112 Å². The second-order valence-corrected chi connectivity index (χ2v) is 18.3. The molecule has 6 heterocycles. The smallest absolute Gasteiger partial charge is 0.311 e. The van der Waals surface area contributed by atoms with Crippen molar-refractivity contribution in [1.29, 1.82) is 0 Å². The third-order valence-electron chi connectivity index (χ3n) is 12.8. The van der Waals surface area contributed by atoms with E-state index in [0.717, 1.165) is 63.7 Å². The molecule has 354 valence electrons. The zero-order valence-corrected chi connectivity index (χ0v) is 39.2. The Labute approximate surface area is 405 Å². The maximum absolute atomic E-state index is 13.5. The van der Waals surface area contributed by atoms with Crippen molar-refractivity contribution in [2.75, 3.05) is 69.9 Å². The van der Waals surface area contributed by atoms with Crippen molar-refractivity contribution in [3.8, 4) is 11.5 Å². The summed E-state index contributed by atoms with van der Waals surface area (Å²) in [5, 5.41) is 19.2. The van der Waals surface area contributed by atoms with Crippen LogP contribution < -0.4 is 25.8 Å². The zero-order valence-electron chi connectivity index (χ0n) is 36.6. The largest absolute Gasteiger partial charge is 0.486 e. The molecule has 0 radical (unpaired) electrons. The van der Waals surface area contributed by atoms with Crippen LogP contribution in [0.2, 0.25) is 10.0 Å². The molecule has 2 aromatic heterocycles. The van der Waals surface area contributed by atoms with Gasteiger partial charge in [0.25, 0.3) is 0 Å². The number of aromatic nitrogens is 4. The Balaban J connectivity index is 0.000000179. The molecular formula is C46H48Cl2F2FeN10O6. The Kier molecular flexibility index (Phi) is 14.5. The summed E-state index contributed by atoms with van der Waals surface area (Å²) < 4.78 is 51.6. The molecule has 16 nitrogen and oxygen atoms in total. The first-order valence-electron chi connectivity index (χ1n) is 21.6. The molecule has 0 bridgehead atoms. The Morgan fingerprint density at radius 2 is 1.16 bits per heavy atom. The van der Waals surface area contributed by atoms with Crippen LogP contribution in [0, 0.1) is 21.7 Å². The molecule has 4 N–H and O–H groups in total. The number of nitro benzene ring substituents is 1. The van der Waals surface area contributed by atoms with E-state index in [2.05, 4.69) is 54.5 Å². The molecule has 4 saturated heterocycles. The quantitative estimate of drug-likeness (QED) is 0.0538.